The number of rotatable bonds is 3. The summed E-state index contributed by atoms with van der Waals surface area (Å²) in [4.78, 5) is 0. The maximum Gasteiger partial charge on any atom is 0.142 e. The molecule has 0 spiro atoms. The van der Waals surface area contributed by atoms with Crippen LogP contribution in [0.25, 0.3) is 0 Å². The minimum absolute atomic E-state index is 0.138. The van der Waals surface area contributed by atoms with Gasteiger partial charge in [-0.2, -0.15) is 0 Å². The fourth-order valence-electron chi connectivity index (χ4n) is 2.27. The van der Waals surface area contributed by atoms with E-state index in [4.69, 9.17) is 17.3 Å². The number of aryl methyl sites for hydroxylation is 2. The highest BCUT2D eigenvalue weighted by molar-refractivity contribution is 6.30. The van der Waals surface area contributed by atoms with Crippen molar-refractivity contribution in [3.63, 3.8) is 0 Å². The van der Waals surface area contributed by atoms with Crippen LogP contribution in [0.5, 0.6) is 0 Å². The van der Waals surface area contributed by atoms with Gasteiger partial charge in [-0.1, -0.05) is 35.9 Å². The molecule has 0 heterocycles. The van der Waals surface area contributed by atoms with Gasteiger partial charge in [-0.3, -0.25) is 0 Å². The average molecular weight is 292 g/mol. The van der Waals surface area contributed by atoms with Crippen molar-refractivity contribution in [3.05, 3.63) is 69.5 Å². The van der Waals surface area contributed by atoms with Crippen molar-refractivity contribution in [2.75, 3.05) is 0 Å². The van der Waals surface area contributed by atoms with E-state index in [0.29, 0.717) is 6.42 Å². The molecule has 0 fully saturated rings. The molecule has 3 heteroatoms. The average Bonchev–Trinajstić information content (AvgIpc) is 2.37. The van der Waals surface area contributed by atoms with Crippen LogP contribution in [-0.4, -0.2) is 0 Å². The van der Waals surface area contributed by atoms with E-state index in [1.54, 1.807) is 6.07 Å². The molecule has 1 unspecified atom stereocenters. The third-order valence-corrected chi connectivity index (χ3v) is 4.03. The number of hydrogen-bond acceptors (Lipinski definition) is 1. The summed E-state index contributed by atoms with van der Waals surface area (Å²) < 4.78 is 13.5. The molecule has 2 N–H and O–H groups in total. The molecule has 2 aromatic carbocycles. The van der Waals surface area contributed by atoms with Crippen molar-refractivity contribution in [1.29, 1.82) is 0 Å². The van der Waals surface area contributed by atoms with Crippen molar-refractivity contribution in [1.82, 2.24) is 0 Å². The van der Waals surface area contributed by atoms with Crippen molar-refractivity contribution in [3.8, 4) is 0 Å². The first kappa shape index (κ1) is 15.0. The molecule has 0 amide bonds. The van der Waals surface area contributed by atoms with Crippen LogP contribution in [0, 0.1) is 19.7 Å². The van der Waals surface area contributed by atoms with Crippen LogP contribution in [0.3, 0.4) is 0 Å². The van der Waals surface area contributed by atoms with E-state index in [1.165, 1.54) is 17.2 Å². The molecule has 0 radical (unpaired) electrons. The molecule has 2 aromatic rings. The van der Waals surface area contributed by atoms with Gasteiger partial charge in [0.2, 0.25) is 0 Å². The van der Waals surface area contributed by atoms with Crippen LogP contribution in [-0.2, 0) is 12.0 Å². The van der Waals surface area contributed by atoms with Gasteiger partial charge in [0.25, 0.3) is 0 Å². The Balaban J connectivity index is 2.29. The van der Waals surface area contributed by atoms with Gasteiger partial charge in [-0.25, -0.2) is 4.39 Å². The molecule has 20 heavy (non-hydrogen) atoms. The van der Waals surface area contributed by atoms with E-state index in [2.05, 4.69) is 26.0 Å². The van der Waals surface area contributed by atoms with E-state index in [0.717, 1.165) is 11.1 Å². The second-order valence-electron chi connectivity index (χ2n) is 5.64. The van der Waals surface area contributed by atoms with E-state index in [-0.39, 0.29) is 5.02 Å². The van der Waals surface area contributed by atoms with Crippen LogP contribution in [0.4, 0.5) is 4.39 Å². The van der Waals surface area contributed by atoms with E-state index >= 15 is 0 Å². The highest BCUT2D eigenvalue weighted by Crippen LogP contribution is 2.26. The van der Waals surface area contributed by atoms with Gasteiger partial charge in [0.15, 0.2) is 0 Å². The Morgan fingerprint density at radius 1 is 1.10 bits per heavy atom. The minimum Gasteiger partial charge on any atom is -0.321 e. The molecule has 0 saturated carbocycles. The number of nitrogens with two attached hydrogens (primary N) is 1. The maximum absolute atomic E-state index is 13.5. The SMILES string of the molecule is Cc1ccc(C(C)(N)Cc2ccc(Cl)c(F)c2)cc1C. The van der Waals surface area contributed by atoms with Gasteiger partial charge >= 0.3 is 0 Å². The fraction of sp³-hybridized carbons (Fsp3) is 0.294. The molecule has 0 bridgehead atoms. The Hall–Kier alpha value is -1.38. The summed E-state index contributed by atoms with van der Waals surface area (Å²) in [5, 5.41) is 0.138. The van der Waals surface area contributed by atoms with Gasteiger partial charge in [-0.05, 0) is 61.6 Å². The first-order valence-corrected chi connectivity index (χ1v) is 6.98. The summed E-state index contributed by atoms with van der Waals surface area (Å²) >= 11 is 5.70. The van der Waals surface area contributed by atoms with Gasteiger partial charge in [0, 0.05) is 5.54 Å². The van der Waals surface area contributed by atoms with Gasteiger partial charge < -0.3 is 5.73 Å². The van der Waals surface area contributed by atoms with Crippen LogP contribution in [0.1, 0.15) is 29.2 Å². The molecule has 106 valence electrons. The molecule has 1 nitrogen and oxygen atoms in total. The largest absolute Gasteiger partial charge is 0.321 e. The molecule has 0 saturated heterocycles. The zero-order chi connectivity index (χ0) is 14.9. The molecule has 0 aromatic heterocycles. The van der Waals surface area contributed by atoms with Crippen LogP contribution < -0.4 is 5.73 Å². The first-order valence-electron chi connectivity index (χ1n) is 6.60. The topological polar surface area (TPSA) is 26.0 Å². The van der Waals surface area contributed by atoms with Crippen LogP contribution >= 0.6 is 11.6 Å². The second-order valence-corrected chi connectivity index (χ2v) is 6.05. The zero-order valence-electron chi connectivity index (χ0n) is 12.0. The second kappa shape index (κ2) is 5.55. The third kappa shape index (κ3) is 3.20. The van der Waals surface area contributed by atoms with Crippen molar-refractivity contribution in [2.45, 2.75) is 32.7 Å². The van der Waals surface area contributed by atoms with E-state index in [9.17, 15) is 4.39 Å². The maximum atomic E-state index is 13.5. The molecule has 2 rings (SSSR count). The monoisotopic (exact) mass is 291 g/mol. The third-order valence-electron chi connectivity index (χ3n) is 3.72. The quantitative estimate of drug-likeness (QED) is 0.884. The molecule has 0 aliphatic heterocycles. The lowest BCUT2D eigenvalue weighted by Crippen LogP contribution is -2.35. The zero-order valence-corrected chi connectivity index (χ0v) is 12.8. The smallest absolute Gasteiger partial charge is 0.142 e. The summed E-state index contributed by atoms with van der Waals surface area (Å²) in [7, 11) is 0. The Bertz CT molecular complexity index is 635. The molecule has 0 aliphatic carbocycles. The lowest BCUT2D eigenvalue weighted by molar-refractivity contribution is 0.489. The fourth-order valence-corrected chi connectivity index (χ4v) is 2.39. The lowest BCUT2D eigenvalue weighted by Gasteiger charge is -2.26. The highest BCUT2D eigenvalue weighted by Gasteiger charge is 2.22. The van der Waals surface area contributed by atoms with Gasteiger partial charge in [0.1, 0.15) is 5.82 Å². The Morgan fingerprint density at radius 3 is 2.40 bits per heavy atom. The van der Waals surface area contributed by atoms with Crippen molar-refractivity contribution < 1.29 is 4.39 Å². The summed E-state index contributed by atoms with van der Waals surface area (Å²) in [6.07, 6.45) is 0.559. The number of halogens is 2. The van der Waals surface area contributed by atoms with E-state index < -0.39 is 11.4 Å². The Kier molecular flexibility index (Phi) is 4.17. The Morgan fingerprint density at radius 2 is 1.80 bits per heavy atom. The predicted octanol–water partition coefficient (Wildman–Crippen LogP) is 4.51. The highest BCUT2D eigenvalue weighted by atomic mass is 35.5. The molecular formula is C17H19ClFN. The lowest BCUT2D eigenvalue weighted by atomic mass is 9.85. The predicted molar refractivity (Wildman–Crippen MR) is 82.6 cm³/mol. The molecular weight excluding hydrogens is 273 g/mol. The van der Waals surface area contributed by atoms with Crippen molar-refractivity contribution >= 4 is 11.6 Å². The summed E-state index contributed by atoms with van der Waals surface area (Å²) in [6, 6.07) is 11.0. The van der Waals surface area contributed by atoms with Gasteiger partial charge in [-0.15, -0.1) is 0 Å². The normalized spacial score (nSPS) is 14.1. The Labute approximate surface area is 124 Å². The summed E-state index contributed by atoms with van der Waals surface area (Å²) in [6.45, 7) is 6.10. The van der Waals surface area contributed by atoms with Crippen LogP contribution in [0.15, 0.2) is 36.4 Å². The number of hydrogen-bond donors (Lipinski definition) is 1. The minimum atomic E-state index is -0.543. The molecule has 1 atom stereocenters. The van der Waals surface area contributed by atoms with Gasteiger partial charge in [0.05, 0.1) is 5.02 Å². The van der Waals surface area contributed by atoms with Crippen molar-refractivity contribution in [2.24, 2.45) is 5.73 Å². The number of benzene rings is 2. The summed E-state index contributed by atoms with van der Waals surface area (Å²) in [5.74, 6) is -0.403. The standard InChI is InChI=1S/C17H19ClFN/c1-11-4-6-14(8-12(11)2)17(3,20)10-13-5-7-15(18)16(19)9-13/h4-9H,10,20H2,1-3H3. The first-order chi connectivity index (χ1) is 9.29. The summed E-state index contributed by atoms with van der Waals surface area (Å²) in [5.41, 5.74) is 10.2. The van der Waals surface area contributed by atoms with Crippen LogP contribution in [0.2, 0.25) is 5.02 Å². The molecule has 0 aliphatic rings. The van der Waals surface area contributed by atoms with E-state index in [1.807, 2.05) is 19.1 Å².